The van der Waals surface area contributed by atoms with Gasteiger partial charge in [0.15, 0.2) is 0 Å². The van der Waals surface area contributed by atoms with E-state index in [0.29, 0.717) is 11.4 Å². The number of thiazole rings is 1. The molecular weight excluding hydrogens is 240 g/mol. The fourth-order valence-corrected chi connectivity index (χ4v) is 2.09. The highest BCUT2D eigenvalue weighted by molar-refractivity contribution is 7.13. The third kappa shape index (κ3) is 4.52. The van der Waals surface area contributed by atoms with Gasteiger partial charge in [-0.15, -0.1) is 11.3 Å². The molecule has 5 nitrogen and oxygen atoms in total. The number of aromatic nitrogens is 1. The second kappa shape index (κ2) is 6.34. The molecule has 2 N–H and O–H groups in total. The van der Waals surface area contributed by atoms with Gasteiger partial charge >= 0.3 is 5.97 Å². The molecule has 0 fully saturated rings. The smallest absolute Gasteiger partial charge is 0.303 e. The third-order valence-corrected chi connectivity index (χ3v) is 3.35. The Morgan fingerprint density at radius 2 is 2.29 bits per heavy atom. The number of carboxylic acids is 1. The van der Waals surface area contributed by atoms with Gasteiger partial charge in [-0.3, -0.25) is 9.59 Å². The fraction of sp³-hybridized carbons (Fsp3) is 0.545. The summed E-state index contributed by atoms with van der Waals surface area (Å²) < 4.78 is 0. The molecule has 0 aromatic carbocycles. The van der Waals surface area contributed by atoms with Crippen LogP contribution in [0.5, 0.6) is 0 Å². The summed E-state index contributed by atoms with van der Waals surface area (Å²) in [6.45, 7) is 4.13. The molecule has 17 heavy (non-hydrogen) atoms. The molecule has 0 saturated carbocycles. The third-order valence-electron chi connectivity index (χ3n) is 2.44. The minimum absolute atomic E-state index is 0.0227. The van der Waals surface area contributed by atoms with Crippen LogP contribution in [0.4, 0.5) is 0 Å². The monoisotopic (exact) mass is 256 g/mol. The number of amides is 1. The Bertz CT molecular complexity index is 403. The largest absolute Gasteiger partial charge is 0.481 e. The van der Waals surface area contributed by atoms with Gasteiger partial charge in [-0.05, 0) is 12.8 Å². The zero-order valence-electron chi connectivity index (χ0n) is 9.90. The summed E-state index contributed by atoms with van der Waals surface area (Å²) in [6.07, 6.45) is 2.35. The van der Waals surface area contributed by atoms with Crippen LogP contribution in [0.2, 0.25) is 0 Å². The van der Waals surface area contributed by atoms with E-state index in [-0.39, 0.29) is 18.2 Å². The van der Waals surface area contributed by atoms with E-state index < -0.39 is 5.97 Å². The Balaban J connectivity index is 2.44. The number of carboxylic acid groups (broad SMARTS) is 1. The number of nitrogens with zero attached hydrogens (tertiary/aromatic N) is 1. The second-order valence-electron chi connectivity index (χ2n) is 3.83. The van der Waals surface area contributed by atoms with Gasteiger partial charge in [0, 0.05) is 13.0 Å². The Morgan fingerprint density at radius 1 is 1.59 bits per heavy atom. The molecule has 1 aromatic rings. The topological polar surface area (TPSA) is 79.3 Å². The molecule has 0 aliphatic rings. The van der Waals surface area contributed by atoms with E-state index in [1.165, 1.54) is 17.5 Å². The van der Waals surface area contributed by atoms with Gasteiger partial charge in [0.1, 0.15) is 4.88 Å². The molecule has 1 aromatic heterocycles. The number of hydrogen-bond donors (Lipinski definition) is 2. The van der Waals surface area contributed by atoms with Crippen molar-refractivity contribution in [3.8, 4) is 0 Å². The molecule has 94 valence electrons. The van der Waals surface area contributed by atoms with E-state index in [4.69, 9.17) is 5.11 Å². The van der Waals surface area contributed by atoms with Gasteiger partial charge in [0.25, 0.3) is 5.91 Å². The van der Waals surface area contributed by atoms with Crippen LogP contribution in [0.15, 0.2) is 6.20 Å². The van der Waals surface area contributed by atoms with Crippen LogP contribution < -0.4 is 5.32 Å². The van der Waals surface area contributed by atoms with Crippen LogP contribution in [0, 0.1) is 12.8 Å². The summed E-state index contributed by atoms with van der Waals surface area (Å²) in [5.74, 6) is -1.04. The van der Waals surface area contributed by atoms with Crippen molar-refractivity contribution in [1.29, 1.82) is 0 Å². The Labute approximate surface area is 104 Å². The summed E-state index contributed by atoms with van der Waals surface area (Å²) in [4.78, 5) is 26.8. The van der Waals surface area contributed by atoms with E-state index in [1.807, 2.05) is 13.8 Å². The predicted molar refractivity (Wildman–Crippen MR) is 65.2 cm³/mol. The van der Waals surface area contributed by atoms with Crippen LogP contribution in [-0.2, 0) is 4.79 Å². The van der Waals surface area contributed by atoms with Gasteiger partial charge in [-0.1, -0.05) is 13.3 Å². The van der Waals surface area contributed by atoms with E-state index in [9.17, 15) is 9.59 Å². The molecule has 0 bridgehead atoms. The van der Waals surface area contributed by atoms with E-state index in [1.54, 1.807) is 0 Å². The fourth-order valence-electron chi connectivity index (χ4n) is 1.40. The Morgan fingerprint density at radius 3 is 2.76 bits per heavy atom. The number of hydrogen-bond acceptors (Lipinski definition) is 4. The lowest BCUT2D eigenvalue weighted by Gasteiger charge is -2.12. The van der Waals surface area contributed by atoms with Gasteiger partial charge in [-0.2, -0.15) is 0 Å². The minimum Gasteiger partial charge on any atom is -0.481 e. The molecule has 0 aliphatic heterocycles. The van der Waals surface area contributed by atoms with Crippen molar-refractivity contribution < 1.29 is 14.7 Å². The number of nitrogens with one attached hydrogen (secondary N) is 1. The quantitative estimate of drug-likeness (QED) is 0.811. The van der Waals surface area contributed by atoms with E-state index in [0.717, 1.165) is 11.4 Å². The predicted octanol–water partition coefficient (Wildman–Crippen LogP) is 1.68. The number of aliphatic carboxylic acids is 1. The van der Waals surface area contributed by atoms with Crippen molar-refractivity contribution in [3.63, 3.8) is 0 Å². The van der Waals surface area contributed by atoms with Gasteiger partial charge < -0.3 is 10.4 Å². The number of carbonyl (C=O) groups excluding carboxylic acids is 1. The van der Waals surface area contributed by atoms with Crippen molar-refractivity contribution in [2.45, 2.75) is 26.7 Å². The lowest BCUT2D eigenvalue weighted by atomic mass is 10.0. The average Bonchev–Trinajstić information content (AvgIpc) is 2.70. The molecule has 1 heterocycles. The summed E-state index contributed by atoms with van der Waals surface area (Å²) >= 11 is 1.33. The SMILES string of the molecule is CCC(CNC(=O)c1cnc(C)s1)CC(=O)O. The maximum Gasteiger partial charge on any atom is 0.303 e. The first kappa shape index (κ1) is 13.6. The highest BCUT2D eigenvalue weighted by Gasteiger charge is 2.14. The number of carbonyl (C=O) groups is 2. The first-order chi connectivity index (χ1) is 8.02. The maximum atomic E-state index is 11.7. The Hall–Kier alpha value is -1.43. The van der Waals surface area contributed by atoms with E-state index in [2.05, 4.69) is 10.3 Å². The average molecular weight is 256 g/mol. The normalized spacial score (nSPS) is 12.1. The number of aryl methyl sites for hydroxylation is 1. The van der Waals surface area contributed by atoms with Crippen molar-refractivity contribution in [2.24, 2.45) is 5.92 Å². The minimum atomic E-state index is -0.834. The Kier molecular flexibility index (Phi) is 5.09. The van der Waals surface area contributed by atoms with Crippen LogP contribution in [-0.4, -0.2) is 28.5 Å². The van der Waals surface area contributed by atoms with Crippen LogP contribution >= 0.6 is 11.3 Å². The first-order valence-electron chi connectivity index (χ1n) is 5.45. The van der Waals surface area contributed by atoms with Gasteiger partial charge in [-0.25, -0.2) is 4.98 Å². The van der Waals surface area contributed by atoms with Crippen LogP contribution in [0.3, 0.4) is 0 Å². The van der Waals surface area contributed by atoms with Crippen LogP contribution in [0.25, 0.3) is 0 Å². The lowest BCUT2D eigenvalue weighted by molar-refractivity contribution is -0.138. The molecule has 1 rings (SSSR count). The highest BCUT2D eigenvalue weighted by atomic mass is 32.1. The van der Waals surface area contributed by atoms with Crippen molar-refractivity contribution >= 4 is 23.2 Å². The van der Waals surface area contributed by atoms with Crippen molar-refractivity contribution in [3.05, 3.63) is 16.1 Å². The van der Waals surface area contributed by atoms with Gasteiger partial charge in [0.2, 0.25) is 0 Å². The molecule has 1 amide bonds. The number of rotatable bonds is 6. The summed E-state index contributed by atoms with van der Waals surface area (Å²) in [7, 11) is 0. The molecule has 6 heteroatoms. The zero-order valence-corrected chi connectivity index (χ0v) is 10.7. The molecule has 0 saturated heterocycles. The maximum absolute atomic E-state index is 11.7. The zero-order chi connectivity index (χ0) is 12.8. The molecule has 0 aliphatic carbocycles. The first-order valence-corrected chi connectivity index (χ1v) is 6.27. The standard InChI is InChI=1S/C11H16N2O3S/c1-3-8(4-10(14)15)5-13-11(16)9-6-12-7(2)17-9/h6,8H,3-5H2,1-2H3,(H,13,16)(H,14,15). The second-order valence-corrected chi connectivity index (χ2v) is 5.06. The molecule has 0 radical (unpaired) electrons. The van der Waals surface area contributed by atoms with Crippen molar-refractivity contribution in [2.75, 3.05) is 6.54 Å². The summed E-state index contributed by atoms with van der Waals surface area (Å²) in [5, 5.41) is 12.3. The van der Waals surface area contributed by atoms with E-state index >= 15 is 0 Å². The van der Waals surface area contributed by atoms with Crippen molar-refractivity contribution in [1.82, 2.24) is 10.3 Å². The molecule has 1 unspecified atom stereocenters. The summed E-state index contributed by atoms with van der Waals surface area (Å²) in [5.41, 5.74) is 0. The lowest BCUT2D eigenvalue weighted by Crippen LogP contribution is -2.29. The highest BCUT2D eigenvalue weighted by Crippen LogP contribution is 2.12. The molecule has 0 spiro atoms. The molecule has 1 atom stereocenters. The summed E-state index contributed by atoms with van der Waals surface area (Å²) in [6, 6.07) is 0. The molecular formula is C11H16N2O3S. The van der Waals surface area contributed by atoms with Crippen LogP contribution in [0.1, 0.15) is 34.4 Å². The van der Waals surface area contributed by atoms with Gasteiger partial charge in [0.05, 0.1) is 11.2 Å².